The van der Waals surface area contributed by atoms with Gasteiger partial charge >= 0.3 is 5.97 Å². The molecule has 0 unspecified atom stereocenters. The van der Waals surface area contributed by atoms with Gasteiger partial charge in [0.25, 0.3) is 5.69 Å². The average Bonchev–Trinajstić information content (AvgIpc) is 2.33. The smallest absolute Gasteiger partial charge is 0.303 e. The summed E-state index contributed by atoms with van der Waals surface area (Å²) in [7, 11) is 0. The van der Waals surface area contributed by atoms with Crippen molar-refractivity contribution < 1.29 is 19.6 Å². The molecule has 0 saturated carbocycles. The van der Waals surface area contributed by atoms with E-state index in [9.17, 15) is 14.9 Å². The molecule has 0 aliphatic rings. The Morgan fingerprint density at radius 1 is 1.45 bits per heavy atom. The van der Waals surface area contributed by atoms with Gasteiger partial charge in [0.1, 0.15) is 5.75 Å². The highest BCUT2D eigenvalue weighted by Crippen LogP contribution is 2.26. The standard InChI is InChI=1S/C13H18N2O5/c1-9(2)20-12-7-10(6-11(8-12)15(18)19)14-5-3-4-13(16)17/h6-9,14H,3-5H2,1-2H3,(H,16,17). The van der Waals surface area contributed by atoms with Gasteiger partial charge in [-0.3, -0.25) is 14.9 Å². The van der Waals surface area contributed by atoms with Crippen LogP contribution in [0.15, 0.2) is 18.2 Å². The number of hydrogen-bond acceptors (Lipinski definition) is 5. The van der Waals surface area contributed by atoms with Crippen molar-refractivity contribution in [3.8, 4) is 5.75 Å². The van der Waals surface area contributed by atoms with Gasteiger partial charge in [-0.15, -0.1) is 0 Å². The number of carboxylic acid groups (broad SMARTS) is 1. The fourth-order valence-electron chi connectivity index (χ4n) is 1.60. The van der Waals surface area contributed by atoms with E-state index in [0.29, 0.717) is 24.4 Å². The highest BCUT2D eigenvalue weighted by atomic mass is 16.6. The highest BCUT2D eigenvalue weighted by molar-refractivity contribution is 5.66. The normalized spacial score (nSPS) is 10.3. The summed E-state index contributed by atoms with van der Waals surface area (Å²) in [6.45, 7) is 4.09. The lowest BCUT2D eigenvalue weighted by atomic mass is 10.2. The van der Waals surface area contributed by atoms with Gasteiger partial charge in [-0.2, -0.15) is 0 Å². The number of hydrogen-bond donors (Lipinski definition) is 2. The van der Waals surface area contributed by atoms with Crippen LogP contribution in [-0.4, -0.2) is 28.6 Å². The number of nitrogens with zero attached hydrogens (tertiary/aromatic N) is 1. The van der Waals surface area contributed by atoms with Crippen LogP contribution in [-0.2, 0) is 4.79 Å². The predicted molar refractivity (Wildman–Crippen MR) is 74.2 cm³/mol. The Morgan fingerprint density at radius 3 is 2.70 bits per heavy atom. The third kappa shape index (κ3) is 5.55. The molecule has 2 N–H and O–H groups in total. The molecule has 1 rings (SSSR count). The zero-order chi connectivity index (χ0) is 15.1. The first-order valence-corrected chi connectivity index (χ1v) is 6.30. The van der Waals surface area contributed by atoms with E-state index in [1.165, 1.54) is 12.1 Å². The second kappa shape index (κ2) is 7.32. The van der Waals surface area contributed by atoms with E-state index >= 15 is 0 Å². The average molecular weight is 282 g/mol. The van der Waals surface area contributed by atoms with Gasteiger partial charge in [0, 0.05) is 30.8 Å². The third-order valence-corrected chi connectivity index (χ3v) is 2.37. The molecule has 7 nitrogen and oxygen atoms in total. The predicted octanol–water partition coefficient (Wildman–Crippen LogP) is 2.66. The van der Waals surface area contributed by atoms with Crippen molar-refractivity contribution in [3.05, 3.63) is 28.3 Å². The number of nitrogens with one attached hydrogen (secondary N) is 1. The molecule has 0 radical (unpaired) electrons. The summed E-state index contributed by atoms with van der Waals surface area (Å²) >= 11 is 0. The van der Waals surface area contributed by atoms with Crippen LogP contribution in [0.1, 0.15) is 26.7 Å². The topological polar surface area (TPSA) is 102 Å². The molecule has 0 fully saturated rings. The van der Waals surface area contributed by atoms with E-state index in [-0.39, 0.29) is 18.2 Å². The molecule has 1 aromatic carbocycles. The van der Waals surface area contributed by atoms with E-state index in [1.54, 1.807) is 6.07 Å². The first-order chi connectivity index (χ1) is 9.38. The number of carboxylic acids is 1. The Labute approximate surface area is 116 Å². The largest absolute Gasteiger partial charge is 0.491 e. The van der Waals surface area contributed by atoms with Gasteiger partial charge in [0.2, 0.25) is 0 Å². The molecular formula is C13H18N2O5. The number of benzene rings is 1. The van der Waals surface area contributed by atoms with Crippen LogP contribution in [0, 0.1) is 10.1 Å². The van der Waals surface area contributed by atoms with Crippen molar-refractivity contribution in [1.82, 2.24) is 0 Å². The molecule has 0 atom stereocenters. The maximum Gasteiger partial charge on any atom is 0.303 e. The molecule has 1 aromatic rings. The molecule has 0 heterocycles. The van der Waals surface area contributed by atoms with Crippen LogP contribution >= 0.6 is 0 Å². The third-order valence-electron chi connectivity index (χ3n) is 2.37. The molecule has 0 aliphatic heterocycles. The zero-order valence-corrected chi connectivity index (χ0v) is 11.5. The lowest BCUT2D eigenvalue weighted by molar-refractivity contribution is -0.384. The van der Waals surface area contributed by atoms with E-state index in [0.717, 1.165) is 0 Å². The zero-order valence-electron chi connectivity index (χ0n) is 11.5. The second-order valence-corrected chi connectivity index (χ2v) is 4.56. The summed E-state index contributed by atoms with van der Waals surface area (Å²) in [6.07, 6.45) is 0.409. The molecular weight excluding hydrogens is 264 g/mol. The maximum absolute atomic E-state index is 10.9. The van der Waals surface area contributed by atoms with Crippen LogP contribution in [0.5, 0.6) is 5.75 Å². The van der Waals surface area contributed by atoms with Crippen LogP contribution < -0.4 is 10.1 Å². The van der Waals surface area contributed by atoms with E-state index in [4.69, 9.17) is 9.84 Å². The van der Waals surface area contributed by atoms with Crippen LogP contribution in [0.25, 0.3) is 0 Å². The lowest BCUT2D eigenvalue weighted by Crippen LogP contribution is -2.08. The number of nitro groups is 1. The van der Waals surface area contributed by atoms with Gasteiger partial charge in [-0.1, -0.05) is 0 Å². The summed E-state index contributed by atoms with van der Waals surface area (Å²) in [6, 6.07) is 4.42. The molecule has 0 aliphatic carbocycles. The minimum Gasteiger partial charge on any atom is -0.491 e. The Balaban J connectivity index is 2.75. The van der Waals surface area contributed by atoms with Crippen molar-refractivity contribution in [3.63, 3.8) is 0 Å². The van der Waals surface area contributed by atoms with Crippen molar-refractivity contribution in [2.75, 3.05) is 11.9 Å². The first-order valence-electron chi connectivity index (χ1n) is 6.30. The molecule has 7 heteroatoms. The van der Waals surface area contributed by atoms with E-state index < -0.39 is 10.9 Å². The number of aliphatic carboxylic acids is 1. The molecule has 0 saturated heterocycles. The number of carbonyl (C=O) groups is 1. The SMILES string of the molecule is CC(C)Oc1cc(NCCCC(=O)O)cc([N+](=O)[O-])c1. The summed E-state index contributed by atoms with van der Waals surface area (Å²) in [5, 5.41) is 22.3. The van der Waals surface area contributed by atoms with Crippen molar-refractivity contribution in [2.24, 2.45) is 0 Å². The molecule has 0 amide bonds. The minimum atomic E-state index is -0.866. The fraction of sp³-hybridized carbons (Fsp3) is 0.462. The van der Waals surface area contributed by atoms with Crippen molar-refractivity contribution in [1.29, 1.82) is 0 Å². The second-order valence-electron chi connectivity index (χ2n) is 4.56. The summed E-state index contributed by atoms with van der Waals surface area (Å²) < 4.78 is 5.45. The Bertz CT molecular complexity index is 488. The monoisotopic (exact) mass is 282 g/mol. The van der Waals surface area contributed by atoms with E-state index in [1.807, 2.05) is 13.8 Å². The van der Waals surface area contributed by atoms with Crippen LogP contribution in [0.4, 0.5) is 11.4 Å². The molecule has 110 valence electrons. The van der Waals surface area contributed by atoms with E-state index in [2.05, 4.69) is 5.32 Å². The quantitative estimate of drug-likeness (QED) is 0.432. The molecule has 0 bridgehead atoms. The summed E-state index contributed by atoms with van der Waals surface area (Å²) in [4.78, 5) is 20.8. The number of anilines is 1. The Morgan fingerprint density at radius 2 is 2.15 bits per heavy atom. The Hall–Kier alpha value is -2.31. The number of nitro benzene ring substituents is 1. The van der Waals surface area contributed by atoms with Gasteiger partial charge in [0.05, 0.1) is 17.1 Å². The lowest BCUT2D eigenvalue weighted by Gasteiger charge is -2.12. The van der Waals surface area contributed by atoms with Crippen molar-refractivity contribution >= 4 is 17.3 Å². The first kappa shape index (κ1) is 15.7. The van der Waals surface area contributed by atoms with Gasteiger partial charge in [-0.25, -0.2) is 0 Å². The Kier molecular flexibility index (Phi) is 5.76. The fourth-order valence-corrected chi connectivity index (χ4v) is 1.60. The highest BCUT2D eigenvalue weighted by Gasteiger charge is 2.11. The number of non-ortho nitro benzene ring substituents is 1. The molecule has 0 aromatic heterocycles. The van der Waals surface area contributed by atoms with Crippen molar-refractivity contribution in [2.45, 2.75) is 32.8 Å². The van der Waals surface area contributed by atoms with Crippen LogP contribution in [0.2, 0.25) is 0 Å². The van der Waals surface area contributed by atoms with Gasteiger partial charge < -0.3 is 15.2 Å². The van der Waals surface area contributed by atoms with Gasteiger partial charge in [0.15, 0.2) is 0 Å². The molecule has 20 heavy (non-hydrogen) atoms. The number of ether oxygens (including phenoxy) is 1. The number of rotatable bonds is 8. The summed E-state index contributed by atoms with van der Waals surface area (Å²) in [5.41, 5.74) is 0.476. The molecule has 0 spiro atoms. The van der Waals surface area contributed by atoms with Gasteiger partial charge in [-0.05, 0) is 20.3 Å². The summed E-state index contributed by atoms with van der Waals surface area (Å²) in [5.74, 6) is -0.454. The minimum absolute atomic E-state index is 0.0529. The maximum atomic E-state index is 10.9. The van der Waals surface area contributed by atoms with Crippen LogP contribution in [0.3, 0.4) is 0 Å².